The summed E-state index contributed by atoms with van der Waals surface area (Å²) < 4.78 is 27.6. The van der Waals surface area contributed by atoms with E-state index < -0.39 is 10.0 Å². The van der Waals surface area contributed by atoms with Gasteiger partial charge in [-0.25, -0.2) is 8.42 Å². The molecule has 6 heteroatoms. The summed E-state index contributed by atoms with van der Waals surface area (Å²) in [7, 11) is -3.85. The Hall–Kier alpha value is -2.34. The van der Waals surface area contributed by atoms with Crippen LogP contribution in [0.3, 0.4) is 0 Å². The van der Waals surface area contributed by atoms with Gasteiger partial charge in [0.15, 0.2) is 0 Å². The number of likely N-dealkylation sites (N-methyl/N-ethyl adjacent to an activating group) is 1. The Labute approximate surface area is 149 Å². The molecule has 0 aromatic heterocycles. The average Bonchev–Trinajstić information content (AvgIpc) is 2.56. The van der Waals surface area contributed by atoms with Crippen molar-refractivity contribution in [3.8, 4) is 0 Å². The summed E-state index contributed by atoms with van der Waals surface area (Å²) in [5.41, 5.74) is 3.30. The lowest BCUT2D eigenvalue weighted by Crippen LogP contribution is -2.41. The van der Waals surface area contributed by atoms with E-state index in [0.717, 1.165) is 16.7 Å². The quantitative estimate of drug-likeness (QED) is 0.861. The highest BCUT2D eigenvalue weighted by Gasteiger charge is 2.28. The van der Waals surface area contributed by atoms with Crippen LogP contribution in [0.15, 0.2) is 47.4 Å². The minimum Gasteiger partial charge on any atom is -0.355 e. The zero-order valence-corrected chi connectivity index (χ0v) is 15.9. The predicted molar refractivity (Wildman–Crippen MR) is 100 cm³/mol. The number of rotatable bonds is 6. The molecule has 0 spiro atoms. The number of sulfonamides is 1. The molecule has 2 aromatic carbocycles. The van der Waals surface area contributed by atoms with E-state index in [-0.39, 0.29) is 17.3 Å². The molecule has 0 aliphatic heterocycles. The summed E-state index contributed by atoms with van der Waals surface area (Å²) in [5.74, 6) is -0.334. The fraction of sp³-hybridized carbons (Fsp3) is 0.316. The number of carbonyl (C=O) groups is 1. The first-order chi connectivity index (χ1) is 11.8. The summed E-state index contributed by atoms with van der Waals surface area (Å²) in [6, 6.07) is 12.1. The lowest BCUT2D eigenvalue weighted by Gasteiger charge is -2.26. The standard InChI is InChI=1S/C19H24N2O3S/c1-5-20-19(22)13-21(18-8-6-7-15(3)16(18)4)25(23,24)17-11-9-14(2)10-12-17/h6-12H,5,13H2,1-4H3,(H,20,22). The maximum Gasteiger partial charge on any atom is 0.264 e. The van der Waals surface area contributed by atoms with Crippen LogP contribution in [-0.4, -0.2) is 27.4 Å². The van der Waals surface area contributed by atoms with Crippen molar-refractivity contribution in [2.75, 3.05) is 17.4 Å². The molecule has 0 fully saturated rings. The van der Waals surface area contributed by atoms with E-state index in [1.807, 2.05) is 26.8 Å². The number of benzene rings is 2. The molecule has 0 atom stereocenters. The smallest absolute Gasteiger partial charge is 0.264 e. The highest BCUT2D eigenvalue weighted by atomic mass is 32.2. The van der Waals surface area contributed by atoms with Gasteiger partial charge in [0.25, 0.3) is 10.0 Å². The molecule has 0 bridgehead atoms. The number of hydrogen-bond donors (Lipinski definition) is 1. The van der Waals surface area contributed by atoms with E-state index in [1.165, 1.54) is 4.31 Å². The minimum absolute atomic E-state index is 0.170. The summed E-state index contributed by atoms with van der Waals surface area (Å²) in [5, 5.41) is 2.67. The highest BCUT2D eigenvalue weighted by Crippen LogP contribution is 2.28. The zero-order chi connectivity index (χ0) is 18.6. The van der Waals surface area contributed by atoms with Crippen molar-refractivity contribution in [1.29, 1.82) is 0 Å². The van der Waals surface area contributed by atoms with Crippen LogP contribution in [0, 0.1) is 20.8 Å². The van der Waals surface area contributed by atoms with Gasteiger partial charge in [0.1, 0.15) is 6.54 Å². The molecule has 134 valence electrons. The number of anilines is 1. The normalized spacial score (nSPS) is 11.2. The maximum atomic E-state index is 13.2. The number of nitrogens with zero attached hydrogens (tertiary/aromatic N) is 1. The Kier molecular flexibility index (Phi) is 5.85. The van der Waals surface area contributed by atoms with Crippen molar-refractivity contribution in [2.24, 2.45) is 0 Å². The van der Waals surface area contributed by atoms with Gasteiger partial charge in [0.2, 0.25) is 5.91 Å². The van der Waals surface area contributed by atoms with Gasteiger partial charge >= 0.3 is 0 Å². The van der Waals surface area contributed by atoms with E-state index in [1.54, 1.807) is 43.3 Å². The lowest BCUT2D eigenvalue weighted by molar-refractivity contribution is -0.119. The molecule has 0 heterocycles. The molecule has 0 radical (unpaired) electrons. The molecule has 0 saturated heterocycles. The average molecular weight is 360 g/mol. The van der Waals surface area contributed by atoms with Crippen LogP contribution in [-0.2, 0) is 14.8 Å². The van der Waals surface area contributed by atoms with Crippen molar-refractivity contribution < 1.29 is 13.2 Å². The van der Waals surface area contributed by atoms with Gasteiger partial charge < -0.3 is 5.32 Å². The van der Waals surface area contributed by atoms with Crippen LogP contribution in [0.4, 0.5) is 5.69 Å². The van der Waals surface area contributed by atoms with Crippen LogP contribution in [0.2, 0.25) is 0 Å². The van der Waals surface area contributed by atoms with E-state index >= 15 is 0 Å². The molecule has 0 unspecified atom stereocenters. The molecular formula is C19H24N2O3S. The number of carbonyl (C=O) groups excluding carboxylic acids is 1. The van der Waals surface area contributed by atoms with Gasteiger partial charge in [-0.05, 0) is 57.0 Å². The lowest BCUT2D eigenvalue weighted by atomic mass is 10.1. The SMILES string of the molecule is CCNC(=O)CN(c1cccc(C)c1C)S(=O)(=O)c1ccc(C)cc1. The molecule has 5 nitrogen and oxygen atoms in total. The van der Waals surface area contributed by atoms with E-state index in [9.17, 15) is 13.2 Å². The molecule has 2 rings (SSSR count). The first-order valence-corrected chi connectivity index (χ1v) is 9.63. The molecule has 0 saturated carbocycles. The van der Waals surface area contributed by atoms with E-state index in [4.69, 9.17) is 0 Å². The Bertz CT molecular complexity index is 859. The first-order valence-electron chi connectivity index (χ1n) is 8.19. The fourth-order valence-corrected chi connectivity index (χ4v) is 4.00. The Morgan fingerprint density at radius 2 is 1.68 bits per heavy atom. The van der Waals surface area contributed by atoms with Crippen LogP contribution in [0.5, 0.6) is 0 Å². The van der Waals surface area contributed by atoms with Crippen LogP contribution in [0.25, 0.3) is 0 Å². The third kappa shape index (κ3) is 4.20. The molecule has 1 N–H and O–H groups in total. The van der Waals surface area contributed by atoms with Crippen molar-refractivity contribution in [3.63, 3.8) is 0 Å². The summed E-state index contributed by atoms with van der Waals surface area (Å²) >= 11 is 0. The number of aryl methyl sites for hydroxylation is 2. The van der Waals surface area contributed by atoms with Gasteiger partial charge in [0, 0.05) is 6.54 Å². The first kappa shape index (κ1) is 19.0. The van der Waals surface area contributed by atoms with Crippen molar-refractivity contribution in [3.05, 3.63) is 59.2 Å². The predicted octanol–water partition coefficient (Wildman–Crippen LogP) is 2.94. The summed E-state index contributed by atoms with van der Waals surface area (Å²) in [4.78, 5) is 12.3. The summed E-state index contributed by atoms with van der Waals surface area (Å²) in [6.07, 6.45) is 0. The monoisotopic (exact) mass is 360 g/mol. The molecule has 2 aromatic rings. The van der Waals surface area contributed by atoms with Gasteiger partial charge in [-0.3, -0.25) is 9.10 Å². The third-order valence-corrected chi connectivity index (χ3v) is 5.89. The van der Waals surface area contributed by atoms with Gasteiger partial charge in [0.05, 0.1) is 10.6 Å². The molecule has 0 aliphatic carbocycles. The number of hydrogen-bond acceptors (Lipinski definition) is 3. The van der Waals surface area contributed by atoms with Gasteiger partial charge in [-0.15, -0.1) is 0 Å². The van der Waals surface area contributed by atoms with Gasteiger partial charge in [-0.2, -0.15) is 0 Å². The Balaban J connectivity index is 2.56. The molecule has 1 amide bonds. The second kappa shape index (κ2) is 7.70. The van der Waals surface area contributed by atoms with E-state index in [2.05, 4.69) is 5.32 Å². The van der Waals surface area contributed by atoms with Crippen LogP contribution in [0.1, 0.15) is 23.6 Å². The van der Waals surface area contributed by atoms with Gasteiger partial charge in [-0.1, -0.05) is 29.8 Å². The molecular weight excluding hydrogens is 336 g/mol. The number of nitrogens with one attached hydrogen (secondary N) is 1. The molecule has 25 heavy (non-hydrogen) atoms. The third-order valence-electron chi connectivity index (χ3n) is 4.11. The zero-order valence-electron chi connectivity index (χ0n) is 15.0. The Morgan fingerprint density at radius 3 is 2.28 bits per heavy atom. The van der Waals surface area contributed by atoms with Crippen molar-refractivity contribution in [2.45, 2.75) is 32.6 Å². The second-order valence-electron chi connectivity index (χ2n) is 6.00. The van der Waals surface area contributed by atoms with E-state index in [0.29, 0.717) is 12.2 Å². The van der Waals surface area contributed by atoms with Crippen LogP contribution < -0.4 is 9.62 Å². The topological polar surface area (TPSA) is 66.5 Å². The fourth-order valence-electron chi connectivity index (χ4n) is 2.53. The van der Waals surface area contributed by atoms with Crippen LogP contribution >= 0.6 is 0 Å². The summed E-state index contributed by atoms with van der Waals surface area (Å²) in [6.45, 7) is 7.67. The Morgan fingerprint density at radius 1 is 1.04 bits per heavy atom. The second-order valence-corrected chi connectivity index (χ2v) is 7.86. The van der Waals surface area contributed by atoms with Crippen molar-refractivity contribution >= 4 is 21.6 Å². The minimum atomic E-state index is -3.85. The molecule has 0 aliphatic rings. The highest BCUT2D eigenvalue weighted by molar-refractivity contribution is 7.92. The number of amides is 1. The maximum absolute atomic E-state index is 13.2. The largest absolute Gasteiger partial charge is 0.355 e. The van der Waals surface area contributed by atoms with Crippen molar-refractivity contribution in [1.82, 2.24) is 5.32 Å².